The number of para-hydroxylation sites is 1. The summed E-state index contributed by atoms with van der Waals surface area (Å²) in [4.78, 5) is 19.6. The number of hydrogen-bond donors (Lipinski definition) is 1. The average molecular weight is 350 g/mol. The van der Waals surface area contributed by atoms with E-state index in [0.717, 1.165) is 29.3 Å². The van der Waals surface area contributed by atoms with Gasteiger partial charge < -0.3 is 10.0 Å². The molecule has 132 valence electrons. The predicted octanol–water partition coefficient (Wildman–Crippen LogP) is 3.64. The maximum atomic E-state index is 13.2. The van der Waals surface area contributed by atoms with E-state index in [0.29, 0.717) is 17.8 Å². The monoisotopic (exact) mass is 350 g/mol. The number of aliphatic hydroxyl groups is 1. The van der Waals surface area contributed by atoms with E-state index >= 15 is 0 Å². The minimum absolute atomic E-state index is 0.0282. The third-order valence-electron chi connectivity index (χ3n) is 4.94. The molecule has 1 aliphatic rings. The zero-order valence-electron chi connectivity index (χ0n) is 14.2. The number of pyridine rings is 1. The Morgan fingerprint density at radius 3 is 2.73 bits per heavy atom. The van der Waals surface area contributed by atoms with Crippen LogP contribution in [-0.4, -0.2) is 40.1 Å². The molecule has 1 atom stereocenters. The van der Waals surface area contributed by atoms with Crippen molar-refractivity contribution in [3.05, 3.63) is 66.0 Å². The molecule has 0 aliphatic carbocycles. The first-order valence-electron chi connectivity index (χ1n) is 8.75. The first kappa shape index (κ1) is 16.7. The van der Waals surface area contributed by atoms with Crippen LogP contribution < -0.4 is 0 Å². The number of amides is 1. The Bertz CT molecular complexity index is 956. The Kier molecular flexibility index (Phi) is 4.39. The van der Waals surface area contributed by atoms with Crippen molar-refractivity contribution in [3.63, 3.8) is 0 Å². The van der Waals surface area contributed by atoms with Crippen LogP contribution >= 0.6 is 0 Å². The van der Waals surface area contributed by atoms with Gasteiger partial charge in [-0.05, 0) is 49.2 Å². The van der Waals surface area contributed by atoms with Crippen LogP contribution in [0.3, 0.4) is 0 Å². The Labute approximate surface area is 150 Å². The molecule has 0 saturated carbocycles. The summed E-state index contributed by atoms with van der Waals surface area (Å²) >= 11 is 0. The van der Waals surface area contributed by atoms with E-state index in [4.69, 9.17) is 0 Å². The Balaban J connectivity index is 1.84. The van der Waals surface area contributed by atoms with Crippen LogP contribution in [0.25, 0.3) is 22.2 Å². The highest BCUT2D eigenvalue weighted by Crippen LogP contribution is 2.28. The summed E-state index contributed by atoms with van der Waals surface area (Å²) in [5.41, 5.74) is 2.67. The van der Waals surface area contributed by atoms with Crippen molar-refractivity contribution in [1.29, 1.82) is 0 Å². The van der Waals surface area contributed by atoms with Crippen molar-refractivity contribution in [2.24, 2.45) is 0 Å². The van der Waals surface area contributed by atoms with Gasteiger partial charge in [-0.1, -0.05) is 18.2 Å². The van der Waals surface area contributed by atoms with E-state index < -0.39 is 0 Å². The molecule has 3 aromatic rings. The molecular weight excluding hydrogens is 331 g/mol. The van der Waals surface area contributed by atoms with Gasteiger partial charge in [0.15, 0.2) is 0 Å². The summed E-state index contributed by atoms with van der Waals surface area (Å²) in [6.07, 6.45) is 1.71. The number of carbonyl (C=O) groups is 1. The summed E-state index contributed by atoms with van der Waals surface area (Å²) in [5, 5.41) is 10.3. The van der Waals surface area contributed by atoms with E-state index in [1.807, 2.05) is 24.3 Å². The van der Waals surface area contributed by atoms with Gasteiger partial charge in [0.05, 0.1) is 29.4 Å². The Morgan fingerprint density at radius 1 is 1.19 bits per heavy atom. The number of carbonyl (C=O) groups excluding carboxylic acids is 1. The molecule has 0 radical (unpaired) electrons. The van der Waals surface area contributed by atoms with E-state index in [1.165, 1.54) is 12.1 Å². The normalized spacial score (nSPS) is 17.0. The van der Waals surface area contributed by atoms with Crippen molar-refractivity contribution >= 4 is 16.8 Å². The molecule has 1 amide bonds. The highest BCUT2D eigenvalue weighted by Gasteiger charge is 2.30. The fraction of sp³-hybridized carbons (Fsp3) is 0.238. The number of likely N-dealkylation sites (tertiary alicyclic amines) is 1. The molecule has 26 heavy (non-hydrogen) atoms. The van der Waals surface area contributed by atoms with Gasteiger partial charge in [0.25, 0.3) is 5.91 Å². The summed E-state index contributed by atoms with van der Waals surface area (Å²) in [7, 11) is 0. The lowest BCUT2D eigenvalue weighted by molar-refractivity contribution is 0.0679. The second kappa shape index (κ2) is 6.84. The first-order chi connectivity index (χ1) is 12.7. The lowest BCUT2D eigenvalue weighted by atomic mass is 10.0. The quantitative estimate of drug-likeness (QED) is 0.785. The van der Waals surface area contributed by atoms with Crippen LogP contribution in [0.15, 0.2) is 54.6 Å². The molecular formula is C21H19FN2O2. The van der Waals surface area contributed by atoms with Crippen molar-refractivity contribution in [2.45, 2.75) is 18.9 Å². The number of halogens is 1. The number of benzene rings is 2. The van der Waals surface area contributed by atoms with Gasteiger partial charge in [0.2, 0.25) is 0 Å². The summed E-state index contributed by atoms with van der Waals surface area (Å²) in [6, 6.07) is 15.2. The van der Waals surface area contributed by atoms with E-state index in [1.54, 1.807) is 23.1 Å². The van der Waals surface area contributed by atoms with E-state index in [9.17, 15) is 14.3 Å². The zero-order valence-corrected chi connectivity index (χ0v) is 14.2. The number of nitrogens with zero attached hydrogens (tertiary/aromatic N) is 2. The van der Waals surface area contributed by atoms with Gasteiger partial charge in [0, 0.05) is 17.5 Å². The number of aromatic nitrogens is 1. The number of hydrogen-bond acceptors (Lipinski definition) is 3. The SMILES string of the molecule is O=C(c1cc(-c2ccc(F)cc2)nc2ccccc12)N1CCC[C@@H]1CO. The molecule has 4 nitrogen and oxygen atoms in total. The lowest BCUT2D eigenvalue weighted by Gasteiger charge is -2.24. The number of fused-ring (bicyclic) bond motifs is 1. The zero-order chi connectivity index (χ0) is 18.1. The highest BCUT2D eigenvalue weighted by molar-refractivity contribution is 6.07. The maximum absolute atomic E-state index is 13.2. The molecule has 0 spiro atoms. The summed E-state index contributed by atoms with van der Waals surface area (Å²) in [6.45, 7) is 0.617. The molecule has 1 fully saturated rings. The van der Waals surface area contributed by atoms with Crippen LogP contribution in [0.5, 0.6) is 0 Å². The second-order valence-electron chi connectivity index (χ2n) is 6.56. The molecule has 0 bridgehead atoms. The summed E-state index contributed by atoms with van der Waals surface area (Å²) in [5.74, 6) is -0.405. The fourth-order valence-electron chi connectivity index (χ4n) is 3.57. The van der Waals surface area contributed by atoms with E-state index in [-0.39, 0.29) is 24.4 Å². The third kappa shape index (κ3) is 2.95. The van der Waals surface area contributed by atoms with Crippen LogP contribution in [-0.2, 0) is 0 Å². The fourth-order valence-corrected chi connectivity index (χ4v) is 3.57. The van der Waals surface area contributed by atoms with Crippen LogP contribution in [0, 0.1) is 5.82 Å². The van der Waals surface area contributed by atoms with Gasteiger partial charge in [-0.25, -0.2) is 9.37 Å². The van der Waals surface area contributed by atoms with Crippen molar-refractivity contribution in [1.82, 2.24) is 9.88 Å². The molecule has 2 heterocycles. The smallest absolute Gasteiger partial charge is 0.254 e. The molecule has 0 unspecified atom stereocenters. The summed E-state index contributed by atoms with van der Waals surface area (Å²) < 4.78 is 13.2. The van der Waals surface area contributed by atoms with Gasteiger partial charge in [-0.2, -0.15) is 0 Å². The van der Waals surface area contributed by atoms with Crippen LogP contribution in [0.1, 0.15) is 23.2 Å². The van der Waals surface area contributed by atoms with Crippen molar-refractivity contribution in [3.8, 4) is 11.3 Å². The molecule has 1 saturated heterocycles. The highest BCUT2D eigenvalue weighted by atomic mass is 19.1. The van der Waals surface area contributed by atoms with E-state index in [2.05, 4.69) is 4.98 Å². The molecule has 2 aromatic carbocycles. The lowest BCUT2D eigenvalue weighted by Crippen LogP contribution is -2.37. The maximum Gasteiger partial charge on any atom is 0.254 e. The Morgan fingerprint density at radius 2 is 1.96 bits per heavy atom. The van der Waals surface area contributed by atoms with Gasteiger partial charge in [-0.3, -0.25) is 4.79 Å². The van der Waals surface area contributed by atoms with Gasteiger partial charge in [0.1, 0.15) is 5.82 Å². The average Bonchev–Trinajstić information content (AvgIpc) is 3.16. The molecule has 1 aromatic heterocycles. The first-order valence-corrected chi connectivity index (χ1v) is 8.75. The van der Waals surface area contributed by atoms with Crippen molar-refractivity contribution < 1.29 is 14.3 Å². The molecule has 4 rings (SSSR count). The minimum atomic E-state index is -0.311. The Hall–Kier alpha value is -2.79. The minimum Gasteiger partial charge on any atom is -0.394 e. The number of aliphatic hydroxyl groups excluding tert-OH is 1. The third-order valence-corrected chi connectivity index (χ3v) is 4.94. The topological polar surface area (TPSA) is 53.4 Å². The second-order valence-corrected chi connectivity index (χ2v) is 6.56. The standard InChI is InChI=1S/C21H19FN2O2/c22-15-9-7-14(8-10-15)20-12-18(17-5-1-2-6-19(17)23-20)21(26)24-11-3-4-16(24)13-25/h1-2,5-10,12,16,25H,3-4,11,13H2/t16-/m1/s1. The van der Waals surface area contributed by atoms with Gasteiger partial charge >= 0.3 is 0 Å². The molecule has 5 heteroatoms. The van der Waals surface area contributed by atoms with Crippen LogP contribution in [0.4, 0.5) is 4.39 Å². The molecule has 1 N–H and O–H groups in total. The largest absolute Gasteiger partial charge is 0.394 e. The van der Waals surface area contributed by atoms with Crippen molar-refractivity contribution in [2.75, 3.05) is 13.2 Å². The number of rotatable bonds is 3. The van der Waals surface area contributed by atoms with Crippen LogP contribution in [0.2, 0.25) is 0 Å². The van der Waals surface area contributed by atoms with Gasteiger partial charge in [-0.15, -0.1) is 0 Å². The molecule has 1 aliphatic heterocycles. The predicted molar refractivity (Wildman–Crippen MR) is 98.3 cm³/mol.